The van der Waals surface area contributed by atoms with E-state index in [0.717, 1.165) is 120 Å². The fraction of sp³-hybridized carbons (Fsp3) is 0.950. The van der Waals surface area contributed by atoms with Gasteiger partial charge in [0.2, 0.25) is 0 Å². The fourth-order valence-electron chi connectivity index (χ4n) is 12.2. The van der Waals surface area contributed by atoms with Gasteiger partial charge in [-0.15, -0.1) is 0 Å². The maximum Gasteiger partial charge on any atom is 0.472 e. The van der Waals surface area contributed by atoms with Crippen LogP contribution >= 0.6 is 15.6 Å². The molecule has 3 N–H and O–H groups in total. The summed E-state index contributed by atoms with van der Waals surface area (Å²) in [6, 6.07) is 0. The predicted molar refractivity (Wildman–Crippen MR) is 404 cm³/mol. The second-order valence-corrected chi connectivity index (χ2v) is 32.9. The van der Waals surface area contributed by atoms with E-state index in [-0.39, 0.29) is 25.7 Å². The SMILES string of the molecule is CCC(C)CCCCCCCCCCCCCCCCCCCCC(=O)OC[C@H](COP(=O)(O)OC[C@@H](O)COP(=O)(O)OC[C@@H](COC(=O)CCCCCCCCC(C)CC)OC(=O)CCCCCCCCCCCCC(C)CC)OC(=O)CCCCCCCCCCCCC(C)C. The molecule has 0 saturated carbocycles. The number of hydrogen-bond donors (Lipinski definition) is 3. The predicted octanol–water partition coefficient (Wildman–Crippen LogP) is 23.6. The van der Waals surface area contributed by atoms with Gasteiger partial charge in [-0.05, 0) is 49.4 Å². The van der Waals surface area contributed by atoms with Gasteiger partial charge in [0, 0.05) is 25.7 Å². The summed E-state index contributed by atoms with van der Waals surface area (Å²) < 4.78 is 68.6. The largest absolute Gasteiger partial charge is 0.472 e. The van der Waals surface area contributed by atoms with E-state index in [1.54, 1.807) is 0 Å². The van der Waals surface area contributed by atoms with E-state index in [4.69, 9.17) is 37.0 Å². The molecule has 19 heteroatoms. The number of aliphatic hydroxyl groups excluding tert-OH is 1. The number of hydrogen-bond acceptors (Lipinski definition) is 15. The van der Waals surface area contributed by atoms with Gasteiger partial charge in [0.1, 0.15) is 19.3 Å². The summed E-state index contributed by atoms with van der Waals surface area (Å²) in [5, 5.41) is 10.6. The van der Waals surface area contributed by atoms with Crippen LogP contribution in [-0.4, -0.2) is 96.7 Å². The Morgan fingerprint density at radius 1 is 0.283 bits per heavy atom. The molecule has 0 spiro atoms. The van der Waals surface area contributed by atoms with Crippen LogP contribution in [0.2, 0.25) is 0 Å². The van der Waals surface area contributed by atoms with Crippen molar-refractivity contribution >= 4 is 39.5 Å². The molecule has 0 saturated heterocycles. The maximum absolute atomic E-state index is 13.1. The molecule has 0 aromatic carbocycles. The molecule has 0 bridgehead atoms. The lowest BCUT2D eigenvalue weighted by atomic mass is 9.99. The van der Waals surface area contributed by atoms with Crippen LogP contribution in [-0.2, 0) is 65.4 Å². The lowest BCUT2D eigenvalue weighted by Gasteiger charge is -2.21. The first-order valence-electron chi connectivity index (χ1n) is 41.3. The molecule has 0 amide bonds. The van der Waals surface area contributed by atoms with E-state index in [1.165, 1.54) is 205 Å². The molecule has 0 aliphatic heterocycles. The highest BCUT2D eigenvalue weighted by molar-refractivity contribution is 7.47. The molecule has 17 nitrogen and oxygen atoms in total. The number of aliphatic hydroxyl groups is 1. The lowest BCUT2D eigenvalue weighted by molar-refractivity contribution is -0.161. The Hall–Kier alpha value is -1.94. The van der Waals surface area contributed by atoms with Crippen LogP contribution in [0.5, 0.6) is 0 Å². The standard InChI is InChI=1S/C80H156O17P2/c1-9-71(6)57-49-41-33-27-20-18-16-14-12-13-15-17-19-21-29-35-44-52-60-77(82)90-66-75(96-79(84)62-54-46-36-30-24-22-26-32-40-48-56-70(4)5)68-94-98(86,87)92-64-74(81)65-93-99(88,89)95-69-76(67-91-78(83)61-53-45-39-38-43-51-59-73(8)11-3)97-80(85)63-55-47-37-31-25-23-28-34-42-50-58-72(7)10-2/h70-76,81H,9-69H2,1-8H3,(H,86,87)(H,88,89)/t71?,72?,73?,74-,75-,76-/m1/s1. The number of rotatable bonds is 77. The van der Waals surface area contributed by atoms with Crippen molar-refractivity contribution < 1.29 is 80.2 Å². The Morgan fingerprint density at radius 3 is 0.717 bits per heavy atom. The Morgan fingerprint density at radius 2 is 0.485 bits per heavy atom. The zero-order valence-electron chi connectivity index (χ0n) is 65.1. The fourth-order valence-corrected chi connectivity index (χ4v) is 13.7. The molecule has 588 valence electrons. The third-order valence-corrected chi connectivity index (χ3v) is 21.6. The van der Waals surface area contributed by atoms with Crippen molar-refractivity contribution in [1.82, 2.24) is 0 Å². The van der Waals surface area contributed by atoms with E-state index in [2.05, 4.69) is 55.4 Å². The quantitative estimate of drug-likeness (QED) is 0.0222. The molecule has 0 rings (SSSR count). The van der Waals surface area contributed by atoms with Crippen LogP contribution in [0.1, 0.15) is 409 Å². The van der Waals surface area contributed by atoms with Gasteiger partial charge < -0.3 is 33.8 Å². The molecule has 0 aliphatic carbocycles. The van der Waals surface area contributed by atoms with Gasteiger partial charge in [-0.25, -0.2) is 9.13 Å². The highest BCUT2D eigenvalue weighted by Gasteiger charge is 2.30. The number of carbonyl (C=O) groups is 4. The smallest absolute Gasteiger partial charge is 0.462 e. The highest BCUT2D eigenvalue weighted by Crippen LogP contribution is 2.45. The number of ether oxygens (including phenoxy) is 4. The highest BCUT2D eigenvalue weighted by atomic mass is 31.2. The minimum atomic E-state index is -4.96. The first-order chi connectivity index (χ1) is 47.7. The van der Waals surface area contributed by atoms with E-state index >= 15 is 0 Å². The summed E-state index contributed by atoms with van der Waals surface area (Å²) in [7, 11) is -9.92. The summed E-state index contributed by atoms with van der Waals surface area (Å²) in [5.74, 6) is 1.04. The van der Waals surface area contributed by atoms with E-state index < -0.39 is 97.5 Å². The van der Waals surface area contributed by atoms with Crippen LogP contribution in [0.25, 0.3) is 0 Å². The molecule has 0 aliphatic rings. The summed E-state index contributed by atoms with van der Waals surface area (Å²) in [4.78, 5) is 72.9. The maximum atomic E-state index is 13.1. The molecular weight excluding hydrogens is 1290 g/mol. The van der Waals surface area contributed by atoms with Crippen LogP contribution in [0.4, 0.5) is 0 Å². The van der Waals surface area contributed by atoms with Crippen molar-refractivity contribution in [3.63, 3.8) is 0 Å². The normalized spacial score (nSPS) is 14.9. The van der Waals surface area contributed by atoms with Crippen molar-refractivity contribution in [2.75, 3.05) is 39.6 Å². The van der Waals surface area contributed by atoms with Crippen molar-refractivity contribution in [1.29, 1.82) is 0 Å². The van der Waals surface area contributed by atoms with Gasteiger partial charge in [-0.1, -0.05) is 357 Å². The number of phosphoric acid groups is 2. The van der Waals surface area contributed by atoms with Gasteiger partial charge in [-0.3, -0.25) is 37.3 Å². The van der Waals surface area contributed by atoms with E-state index in [1.807, 2.05) is 0 Å². The molecule has 8 atom stereocenters. The number of phosphoric ester groups is 2. The van der Waals surface area contributed by atoms with Gasteiger partial charge in [0.25, 0.3) is 0 Å². The third kappa shape index (κ3) is 70.2. The molecule has 0 fully saturated rings. The minimum absolute atomic E-state index is 0.105. The topological polar surface area (TPSA) is 237 Å². The molecule has 5 unspecified atom stereocenters. The van der Waals surface area contributed by atoms with Gasteiger partial charge >= 0.3 is 39.5 Å². The Bertz CT molecular complexity index is 1940. The molecule has 0 aromatic heterocycles. The molecule has 0 radical (unpaired) electrons. The van der Waals surface area contributed by atoms with Crippen LogP contribution in [0.3, 0.4) is 0 Å². The molecular formula is C80H156O17P2. The monoisotopic (exact) mass is 1450 g/mol. The number of unbranched alkanes of at least 4 members (excludes halogenated alkanes) is 40. The first kappa shape index (κ1) is 97.1. The van der Waals surface area contributed by atoms with Gasteiger partial charge in [0.15, 0.2) is 12.2 Å². The first-order valence-corrected chi connectivity index (χ1v) is 44.3. The number of esters is 4. The van der Waals surface area contributed by atoms with Gasteiger partial charge in [-0.2, -0.15) is 0 Å². The van der Waals surface area contributed by atoms with E-state index in [9.17, 15) is 43.2 Å². The summed E-state index contributed by atoms with van der Waals surface area (Å²) in [6.07, 6.45) is 55.5. The van der Waals surface area contributed by atoms with E-state index in [0.29, 0.717) is 25.7 Å². The van der Waals surface area contributed by atoms with Crippen molar-refractivity contribution in [3.05, 3.63) is 0 Å². The van der Waals surface area contributed by atoms with Crippen LogP contribution < -0.4 is 0 Å². The van der Waals surface area contributed by atoms with Crippen molar-refractivity contribution in [2.45, 2.75) is 427 Å². The Kier molecular flexibility index (Phi) is 67.8. The zero-order chi connectivity index (χ0) is 73.1. The lowest BCUT2D eigenvalue weighted by Crippen LogP contribution is -2.30. The second-order valence-electron chi connectivity index (χ2n) is 30.0. The zero-order valence-corrected chi connectivity index (χ0v) is 66.9. The van der Waals surface area contributed by atoms with Gasteiger partial charge in [0.05, 0.1) is 26.4 Å². The summed E-state index contributed by atoms with van der Waals surface area (Å²) in [5.41, 5.74) is 0. The third-order valence-electron chi connectivity index (χ3n) is 19.7. The van der Waals surface area contributed by atoms with Crippen molar-refractivity contribution in [2.24, 2.45) is 23.7 Å². The molecule has 99 heavy (non-hydrogen) atoms. The average molecular weight is 1450 g/mol. The molecule has 0 aromatic rings. The van der Waals surface area contributed by atoms with Crippen LogP contribution in [0, 0.1) is 23.7 Å². The minimum Gasteiger partial charge on any atom is -0.462 e. The Labute approximate surface area is 607 Å². The average Bonchev–Trinajstić information content (AvgIpc) is 1.01. The van der Waals surface area contributed by atoms with Crippen molar-refractivity contribution in [3.8, 4) is 0 Å². The number of carbonyl (C=O) groups excluding carboxylic acids is 4. The summed E-state index contributed by atoms with van der Waals surface area (Å²) in [6.45, 7) is 14.3. The summed E-state index contributed by atoms with van der Waals surface area (Å²) >= 11 is 0. The van der Waals surface area contributed by atoms with Crippen LogP contribution in [0.15, 0.2) is 0 Å². The molecule has 0 heterocycles. The Balaban J connectivity index is 5.19. The second kappa shape index (κ2) is 69.1.